The van der Waals surface area contributed by atoms with Gasteiger partial charge in [0.15, 0.2) is 0 Å². The molecule has 0 aromatic heterocycles. The maximum Gasteiger partial charge on any atom is 0.460 e. The van der Waals surface area contributed by atoms with E-state index < -0.39 is 59.8 Å². The van der Waals surface area contributed by atoms with Crippen molar-refractivity contribution < 1.29 is 69.7 Å². The summed E-state index contributed by atoms with van der Waals surface area (Å²) in [6.07, 6.45) is -10.2. The molecule has 0 aromatic carbocycles. The molecule has 0 atom stereocenters. The molecular weight excluding hydrogens is 437 g/mol. The third-order valence-corrected chi connectivity index (χ3v) is 3.00. The number of thiol groups is 1. The lowest BCUT2D eigenvalue weighted by Crippen LogP contribution is -2.70. The molecule has 18 heteroatoms. The molecule has 0 radical (unpaired) electrons. The molecule has 3 N–H and O–H groups in total. The van der Waals surface area contributed by atoms with E-state index in [9.17, 15) is 65.5 Å². The van der Waals surface area contributed by atoms with Crippen molar-refractivity contribution in [3.05, 3.63) is 0 Å². The third-order valence-electron chi connectivity index (χ3n) is 2.61. The van der Waals surface area contributed by atoms with Gasteiger partial charge in [0.2, 0.25) is 0 Å². The summed E-state index contributed by atoms with van der Waals surface area (Å²) in [6, 6.07) is 0. The molecule has 0 heterocycles. The molecule has 0 amide bonds. The van der Waals surface area contributed by atoms with Crippen LogP contribution in [-0.2, 0) is 15.2 Å². The first-order valence-electron chi connectivity index (χ1n) is 5.40. The molecule has 0 saturated heterocycles. The number of alkyl halides is 13. The summed E-state index contributed by atoms with van der Waals surface area (Å²) >= 11 is 0. The van der Waals surface area contributed by atoms with E-state index in [1.54, 1.807) is 0 Å². The van der Waals surface area contributed by atoms with E-state index in [0.29, 0.717) is 0 Å². The molecule has 0 spiro atoms. The van der Waals surface area contributed by atoms with Crippen molar-refractivity contribution in [3.8, 4) is 0 Å². The molecular formula is C8H8F13NO3S. The maximum absolute atomic E-state index is 13.0. The largest absolute Gasteiger partial charge is 0.460 e. The molecule has 0 unspecified atom stereocenters. The molecule has 0 saturated carbocycles. The van der Waals surface area contributed by atoms with Gasteiger partial charge in [0.05, 0.1) is 6.61 Å². The first-order chi connectivity index (χ1) is 10.7. The van der Waals surface area contributed by atoms with Gasteiger partial charge in [0.1, 0.15) is 0 Å². The molecule has 0 bridgehead atoms. The second-order valence-electron chi connectivity index (χ2n) is 4.31. The van der Waals surface area contributed by atoms with E-state index >= 15 is 0 Å². The number of hydrogen-bond acceptors (Lipinski definition) is 4. The Morgan fingerprint density at radius 2 is 0.962 bits per heavy atom. The average molecular weight is 445 g/mol. The van der Waals surface area contributed by atoms with Gasteiger partial charge >= 0.3 is 35.8 Å². The van der Waals surface area contributed by atoms with Crippen molar-refractivity contribution in [3.63, 3.8) is 0 Å². The average Bonchev–Trinajstić information content (AvgIpc) is 2.35. The van der Waals surface area contributed by atoms with Crippen molar-refractivity contribution >= 4 is 11.0 Å². The van der Waals surface area contributed by atoms with Gasteiger partial charge in [-0.25, -0.2) is 8.42 Å². The third kappa shape index (κ3) is 4.26. The lowest BCUT2D eigenvalue weighted by Gasteiger charge is -2.39. The zero-order valence-corrected chi connectivity index (χ0v) is 12.6. The Morgan fingerprint density at radius 3 is 1.27 bits per heavy atom. The Hall–Kier alpha value is -1.04. The minimum atomic E-state index is -7.98. The summed E-state index contributed by atoms with van der Waals surface area (Å²) in [5.41, 5.74) is 0. The molecule has 0 rings (SSSR count). The van der Waals surface area contributed by atoms with E-state index in [2.05, 4.69) is 4.18 Å². The Morgan fingerprint density at radius 1 is 0.615 bits per heavy atom. The van der Waals surface area contributed by atoms with Crippen molar-refractivity contribution in [1.82, 2.24) is 6.15 Å². The summed E-state index contributed by atoms with van der Waals surface area (Å²) in [6.45, 7) is -1.97. The highest BCUT2D eigenvalue weighted by atomic mass is 32.2. The van der Waals surface area contributed by atoms with Crippen LogP contribution in [0.2, 0.25) is 0 Å². The van der Waals surface area contributed by atoms with Crippen LogP contribution in [0.1, 0.15) is 6.42 Å². The summed E-state index contributed by atoms with van der Waals surface area (Å²) in [4.78, 5) is 0. The van der Waals surface area contributed by atoms with Gasteiger partial charge in [-0.1, -0.05) is 0 Å². The number of halogens is 13. The van der Waals surface area contributed by atoms with Gasteiger partial charge in [-0.3, -0.25) is 4.18 Å². The zero-order chi connectivity index (χ0) is 20.7. The Labute approximate surface area is 137 Å². The fourth-order valence-corrected chi connectivity index (χ4v) is 1.45. The van der Waals surface area contributed by atoms with E-state index in [0.717, 1.165) is 0 Å². The van der Waals surface area contributed by atoms with E-state index in [-0.39, 0.29) is 6.15 Å². The van der Waals surface area contributed by atoms with Crippen LogP contribution in [0, 0.1) is 0 Å². The fraction of sp³-hybridized carbons (Fsp3) is 1.00. The second-order valence-corrected chi connectivity index (χ2v) is 5.01. The van der Waals surface area contributed by atoms with Crippen LogP contribution in [0.3, 0.4) is 0 Å². The van der Waals surface area contributed by atoms with Gasteiger partial charge in [0.25, 0.3) is 11.0 Å². The molecule has 0 aliphatic rings. The van der Waals surface area contributed by atoms with Gasteiger partial charge in [-0.2, -0.15) is 57.1 Å². The topological polar surface area (TPSA) is 78.4 Å². The van der Waals surface area contributed by atoms with E-state index in [4.69, 9.17) is 0 Å². The monoisotopic (exact) mass is 445 g/mol. The van der Waals surface area contributed by atoms with Crippen LogP contribution in [0.4, 0.5) is 57.1 Å². The Kier molecular flexibility index (Phi) is 7.87. The van der Waals surface area contributed by atoms with Gasteiger partial charge in [-0.05, 0) is 0 Å². The minimum absolute atomic E-state index is 0. The predicted octanol–water partition coefficient (Wildman–Crippen LogP) is 3.82. The van der Waals surface area contributed by atoms with Crippen molar-refractivity contribution in [2.75, 3.05) is 6.61 Å². The second kappa shape index (κ2) is 7.53. The van der Waals surface area contributed by atoms with Crippen LogP contribution < -0.4 is 6.15 Å². The Balaban J connectivity index is 0. The number of hydrogen-bond donors (Lipinski definition) is 2. The molecule has 160 valence electrons. The highest BCUT2D eigenvalue weighted by Crippen LogP contribution is 2.60. The zero-order valence-electron chi connectivity index (χ0n) is 11.7. The quantitative estimate of drug-likeness (QED) is 0.440. The highest BCUT2D eigenvalue weighted by Gasteiger charge is 2.90. The van der Waals surface area contributed by atoms with Crippen LogP contribution in [-0.4, -0.2) is 50.8 Å². The summed E-state index contributed by atoms with van der Waals surface area (Å²) in [5, 5.41) is 0. The van der Waals surface area contributed by atoms with Gasteiger partial charge < -0.3 is 6.15 Å². The molecule has 4 nitrogen and oxygen atoms in total. The standard InChI is InChI=1S/C8H5F13O3S.H3N/c9-3(10,1-2-24-25(22)23)4(11,12)5(13,14)6(15,16)7(17,18)8(19,20)21;/h25H,1-2H2;1H3. The lowest BCUT2D eigenvalue weighted by molar-refractivity contribution is -0.440. The van der Waals surface area contributed by atoms with Crippen LogP contribution in [0.15, 0.2) is 0 Å². The minimum Gasteiger partial charge on any atom is -0.344 e. The first-order valence-corrected chi connectivity index (χ1v) is 6.49. The molecule has 0 fully saturated rings. The SMILES string of the molecule is N.O=[SH](=O)OCCC(F)(F)C(F)(F)C(F)(F)C(F)(F)C(F)(F)C(F)(F)F. The Bertz CT molecular complexity index is 548. The van der Waals surface area contributed by atoms with Crippen molar-refractivity contribution in [2.24, 2.45) is 0 Å². The van der Waals surface area contributed by atoms with E-state index in [1.807, 2.05) is 0 Å². The normalized spacial score (nSPS) is 15.2. The highest BCUT2D eigenvalue weighted by molar-refractivity contribution is 7.67. The van der Waals surface area contributed by atoms with Crippen LogP contribution in [0.25, 0.3) is 0 Å². The van der Waals surface area contributed by atoms with Crippen LogP contribution >= 0.6 is 0 Å². The number of rotatable bonds is 8. The molecule has 26 heavy (non-hydrogen) atoms. The molecule has 0 aliphatic carbocycles. The molecule has 0 aromatic rings. The summed E-state index contributed by atoms with van der Waals surface area (Å²) in [5.74, 6) is -37.4. The van der Waals surface area contributed by atoms with Crippen molar-refractivity contribution in [1.29, 1.82) is 0 Å². The summed E-state index contributed by atoms with van der Waals surface area (Å²) < 4.78 is 187. The lowest BCUT2D eigenvalue weighted by atomic mass is 9.93. The van der Waals surface area contributed by atoms with Gasteiger partial charge in [-0.15, -0.1) is 0 Å². The predicted molar refractivity (Wildman–Crippen MR) is 56.7 cm³/mol. The summed E-state index contributed by atoms with van der Waals surface area (Å²) in [7, 11) is -3.96. The van der Waals surface area contributed by atoms with Crippen LogP contribution in [0.5, 0.6) is 0 Å². The first kappa shape index (κ1) is 27.2. The smallest absolute Gasteiger partial charge is 0.344 e. The van der Waals surface area contributed by atoms with Gasteiger partial charge in [0, 0.05) is 6.42 Å². The van der Waals surface area contributed by atoms with Crippen molar-refractivity contribution in [2.45, 2.75) is 42.2 Å². The maximum atomic E-state index is 13.0. The fourth-order valence-electron chi connectivity index (χ4n) is 1.21. The molecule has 0 aliphatic heterocycles. The van der Waals surface area contributed by atoms with E-state index in [1.165, 1.54) is 0 Å².